The summed E-state index contributed by atoms with van der Waals surface area (Å²) in [5.41, 5.74) is 1.76. The molecule has 0 aromatic carbocycles. The van der Waals surface area contributed by atoms with Crippen LogP contribution < -0.4 is 0 Å². The van der Waals surface area contributed by atoms with Crippen LogP contribution in [0, 0.1) is 0 Å². The van der Waals surface area contributed by atoms with Crippen molar-refractivity contribution in [1.82, 2.24) is 0 Å². The van der Waals surface area contributed by atoms with Crippen molar-refractivity contribution in [1.29, 1.82) is 0 Å². The standard InChI is InChI=1S/C26H49O3Si.3CH3.Pt/c1-5-6-7-8-9-10-11-12-13-14-15-16-17-18-19-24-26(25-22-20-21-23-25)30(27-2,28-3)29-4;;;;/h20,22,26H,5-19,21,24H2,1-4H3;3*1H3;. The Hall–Kier alpha value is 0.265. The summed E-state index contributed by atoms with van der Waals surface area (Å²) in [7, 11) is 2.60. The van der Waals surface area contributed by atoms with Gasteiger partial charge in [-0.25, -0.2) is 0 Å². The second kappa shape index (κ2) is 18.5. The third-order valence-electron chi connectivity index (χ3n) is 7.20. The number of hydrogen-bond donors (Lipinski definition) is 0. The van der Waals surface area contributed by atoms with E-state index in [0.717, 1.165) is 12.8 Å². The molecule has 0 heterocycles. The van der Waals surface area contributed by atoms with E-state index < -0.39 is 24.9 Å². The third kappa shape index (κ3) is 11.5. The molecule has 0 spiro atoms. The van der Waals surface area contributed by atoms with Crippen LogP contribution in [0.2, 0.25) is 21.5 Å². The summed E-state index contributed by atoms with van der Waals surface area (Å²) in [5.74, 6) is 0. The molecule has 0 radical (unpaired) electrons. The van der Waals surface area contributed by atoms with Crippen molar-refractivity contribution in [2.24, 2.45) is 0 Å². The van der Waals surface area contributed by atoms with Gasteiger partial charge in [-0.3, -0.25) is 0 Å². The molecule has 1 rings (SSSR count). The second-order valence-corrected chi connectivity index (χ2v) is 25.1. The third-order valence-corrected chi connectivity index (χ3v) is 15.6. The van der Waals surface area contributed by atoms with Gasteiger partial charge in [0.05, 0.1) is 0 Å². The van der Waals surface area contributed by atoms with Crippen LogP contribution in [0.15, 0.2) is 21.7 Å². The Kier molecular flexibility index (Phi) is 17.6. The molecule has 0 saturated carbocycles. The molecule has 0 amide bonds. The molecule has 1 aliphatic carbocycles. The van der Waals surface area contributed by atoms with E-state index in [9.17, 15) is 0 Å². The second-order valence-electron chi connectivity index (χ2n) is 10.4. The Morgan fingerprint density at radius 3 is 1.50 bits per heavy atom. The Bertz CT molecular complexity index is 570. The molecule has 1 aliphatic rings. The van der Waals surface area contributed by atoms with E-state index in [4.69, 9.17) is 13.3 Å². The summed E-state index contributed by atoms with van der Waals surface area (Å²) in [6.07, 6.45) is 27.9. The van der Waals surface area contributed by atoms with Gasteiger partial charge < -0.3 is 0 Å². The van der Waals surface area contributed by atoms with Gasteiger partial charge in [0.25, 0.3) is 0 Å². The van der Waals surface area contributed by atoms with Crippen LogP contribution in [0.4, 0.5) is 0 Å². The molecule has 34 heavy (non-hydrogen) atoms. The average molecular weight is 678 g/mol. The molecule has 1 atom stereocenters. The zero-order valence-corrected chi connectivity index (χ0v) is 27.1. The first-order valence-electron chi connectivity index (χ1n) is 13.8. The van der Waals surface area contributed by atoms with E-state index in [1.165, 1.54) is 102 Å². The van der Waals surface area contributed by atoms with Crippen LogP contribution in [0.1, 0.15) is 116 Å². The maximum atomic E-state index is 5.99. The monoisotopic (exact) mass is 677 g/mol. The van der Waals surface area contributed by atoms with Gasteiger partial charge in [-0.05, 0) is 0 Å². The first-order valence-corrected chi connectivity index (χ1v) is 23.5. The van der Waals surface area contributed by atoms with Gasteiger partial charge in [0.1, 0.15) is 0 Å². The molecule has 0 bridgehead atoms. The Balaban J connectivity index is 2.35. The van der Waals surface area contributed by atoms with Gasteiger partial charge in [0.15, 0.2) is 0 Å². The number of hydrogen-bond acceptors (Lipinski definition) is 3. The first-order chi connectivity index (χ1) is 16.4. The average Bonchev–Trinajstić information content (AvgIpc) is 3.31. The molecule has 1 unspecified atom stereocenters. The van der Waals surface area contributed by atoms with E-state index in [1.54, 1.807) is 25.3 Å². The van der Waals surface area contributed by atoms with E-state index in [0.29, 0.717) is 0 Å². The fraction of sp³-hybridized carbons (Fsp3) is 0.862. The fourth-order valence-corrected chi connectivity index (χ4v) is 12.2. The van der Waals surface area contributed by atoms with Gasteiger partial charge in [-0.1, -0.05) is 51.9 Å². The van der Waals surface area contributed by atoms with Gasteiger partial charge in [0, 0.05) is 0 Å². The Morgan fingerprint density at radius 2 is 1.12 bits per heavy atom. The predicted molar refractivity (Wildman–Crippen MR) is 148 cm³/mol. The van der Waals surface area contributed by atoms with E-state index in [-0.39, 0.29) is 5.54 Å². The molecule has 206 valence electrons. The first kappa shape index (κ1) is 32.3. The van der Waals surface area contributed by atoms with Crippen molar-refractivity contribution >= 4 is 8.80 Å². The molecule has 0 aliphatic heterocycles. The number of unbranched alkanes of at least 4 members (excludes halogenated alkanes) is 14. The number of allylic oxidation sites excluding steroid dienone is 4. The minimum absolute atomic E-state index is 0.270. The summed E-state index contributed by atoms with van der Waals surface area (Å²) >= 11 is -1.85. The molecule has 3 nitrogen and oxygen atoms in total. The summed E-state index contributed by atoms with van der Waals surface area (Å²) in [5, 5.41) is 7.49. The summed E-state index contributed by atoms with van der Waals surface area (Å²) in [4.78, 5) is 0. The summed E-state index contributed by atoms with van der Waals surface area (Å²) in [6, 6.07) is 0. The van der Waals surface area contributed by atoms with Gasteiger partial charge in [0.2, 0.25) is 0 Å². The van der Waals surface area contributed by atoms with Crippen LogP contribution in [-0.4, -0.2) is 30.1 Å². The molecule has 0 aromatic heterocycles. The van der Waals surface area contributed by atoms with E-state index >= 15 is 0 Å². The normalized spacial score (nSPS) is 16.0. The predicted octanol–water partition coefficient (Wildman–Crippen LogP) is 10.0. The van der Waals surface area contributed by atoms with Crippen molar-refractivity contribution in [3.05, 3.63) is 21.7 Å². The van der Waals surface area contributed by atoms with Gasteiger partial charge in [-0.15, -0.1) is 0 Å². The molecule has 0 N–H and O–H groups in total. The van der Waals surface area contributed by atoms with Crippen LogP contribution in [0.25, 0.3) is 0 Å². The minimum atomic E-state index is -2.72. The van der Waals surface area contributed by atoms with Crippen LogP contribution in [0.3, 0.4) is 0 Å². The zero-order valence-electron chi connectivity index (χ0n) is 23.8. The molecule has 5 heteroatoms. The summed E-state index contributed by atoms with van der Waals surface area (Å²) in [6.45, 7) is 2.29. The van der Waals surface area contributed by atoms with Gasteiger partial charge in [-0.2, -0.15) is 0 Å². The van der Waals surface area contributed by atoms with Crippen LogP contribution in [-0.2, 0) is 29.3 Å². The van der Waals surface area contributed by atoms with Crippen LogP contribution >= 0.6 is 0 Å². The fourth-order valence-electron chi connectivity index (χ4n) is 5.17. The van der Waals surface area contributed by atoms with Gasteiger partial charge >= 0.3 is 167 Å². The summed E-state index contributed by atoms with van der Waals surface area (Å²) < 4.78 is 19.7. The maximum absolute atomic E-state index is 5.99. The van der Waals surface area contributed by atoms with Crippen molar-refractivity contribution in [2.45, 2.75) is 138 Å². The quantitative estimate of drug-likeness (QED) is 0.0844. The van der Waals surface area contributed by atoms with E-state index in [1.807, 2.05) is 0 Å². The zero-order chi connectivity index (χ0) is 25.3. The molecule has 0 saturated heterocycles. The van der Waals surface area contributed by atoms with E-state index in [2.05, 4.69) is 35.0 Å². The van der Waals surface area contributed by atoms with Crippen molar-refractivity contribution in [2.75, 3.05) is 21.3 Å². The number of rotatable bonds is 22. The molecular weight excluding hydrogens is 619 g/mol. The van der Waals surface area contributed by atoms with Crippen molar-refractivity contribution < 1.29 is 29.3 Å². The molecule has 0 aromatic rings. The SMILES string of the molecule is CCCCCCCCCCCCCCCCCC(C1=[C]([Pt]([CH3])([CH3])[CH3])CC=C1)[Si](OC)(OC)OC. The van der Waals surface area contributed by atoms with Crippen molar-refractivity contribution in [3.63, 3.8) is 0 Å². The van der Waals surface area contributed by atoms with Crippen LogP contribution in [0.5, 0.6) is 0 Å². The molecule has 0 fully saturated rings. The topological polar surface area (TPSA) is 27.7 Å². The Morgan fingerprint density at radius 1 is 0.706 bits per heavy atom. The Labute approximate surface area is 218 Å². The van der Waals surface area contributed by atoms with Crippen molar-refractivity contribution in [3.8, 4) is 0 Å². The molecular formula is C29H58O3PtSi.